The zero-order chi connectivity index (χ0) is 8.27. The molecule has 0 aliphatic rings. The van der Waals surface area contributed by atoms with Gasteiger partial charge in [0.05, 0.1) is 23.7 Å². The van der Waals surface area contributed by atoms with Crippen LogP contribution in [-0.4, -0.2) is 17.5 Å². The molecular weight excluding hydrogens is 230 g/mol. The van der Waals surface area contributed by atoms with E-state index < -0.39 is 0 Å². The summed E-state index contributed by atoms with van der Waals surface area (Å²) in [7, 11) is 1.36. The predicted octanol–water partition coefficient (Wildman–Crippen LogP) is 1.62. The Hall–Kier alpha value is -0.420. The fraction of sp³-hybridized carbons (Fsp3) is 0.333. The van der Waals surface area contributed by atoms with Crippen LogP contribution in [0.25, 0.3) is 0 Å². The fourth-order valence-corrected chi connectivity index (χ4v) is 1.74. The second-order valence-electron chi connectivity index (χ2n) is 1.86. The van der Waals surface area contributed by atoms with Crippen molar-refractivity contribution >= 4 is 33.4 Å². The van der Waals surface area contributed by atoms with Crippen molar-refractivity contribution in [2.75, 3.05) is 7.11 Å². The second-order valence-corrected chi connectivity index (χ2v) is 3.35. The van der Waals surface area contributed by atoms with Gasteiger partial charge in [-0.3, -0.25) is 4.79 Å². The van der Waals surface area contributed by atoms with E-state index in [1.165, 1.54) is 18.6 Å². The van der Waals surface area contributed by atoms with Crippen LogP contribution in [0.4, 0.5) is 0 Å². The molecule has 0 spiro atoms. The Labute approximate surface area is 76.7 Å². The van der Waals surface area contributed by atoms with Gasteiger partial charge >= 0.3 is 5.97 Å². The predicted molar refractivity (Wildman–Crippen MR) is 45.5 cm³/mol. The molecule has 60 valence electrons. The van der Waals surface area contributed by atoms with Crippen LogP contribution in [0.3, 0.4) is 0 Å². The number of hydrogen-bond acceptors (Lipinski definition) is 4. The number of carbonyl (C=O) groups excluding carboxylic acids is 1. The zero-order valence-corrected chi connectivity index (χ0v) is 8.24. The molecule has 0 aliphatic carbocycles. The molecular formula is C6H6BrNO2S. The van der Waals surface area contributed by atoms with Gasteiger partial charge in [-0.25, -0.2) is 0 Å². The number of ether oxygens (including phenoxy) is 1. The summed E-state index contributed by atoms with van der Waals surface area (Å²) in [6.45, 7) is 0. The maximum Gasteiger partial charge on any atom is 0.311 e. The van der Waals surface area contributed by atoms with Crippen molar-refractivity contribution in [3.63, 3.8) is 0 Å². The van der Waals surface area contributed by atoms with E-state index in [1.54, 1.807) is 0 Å². The lowest BCUT2D eigenvalue weighted by molar-refractivity contribution is -0.139. The Morgan fingerprint density at radius 1 is 1.91 bits per heavy atom. The zero-order valence-electron chi connectivity index (χ0n) is 5.83. The number of methoxy groups -OCH3 is 1. The van der Waals surface area contributed by atoms with Crippen LogP contribution in [-0.2, 0) is 16.0 Å². The highest BCUT2D eigenvalue weighted by molar-refractivity contribution is 9.10. The van der Waals surface area contributed by atoms with E-state index in [-0.39, 0.29) is 12.4 Å². The molecule has 1 aromatic rings. The minimum atomic E-state index is -0.267. The summed E-state index contributed by atoms with van der Waals surface area (Å²) in [5.41, 5.74) is 0.738. The quantitative estimate of drug-likeness (QED) is 0.732. The smallest absolute Gasteiger partial charge is 0.311 e. The van der Waals surface area contributed by atoms with Crippen molar-refractivity contribution in [1.29, 1.82) is 0 Å². The second kappa shape index (κ2) is 3.82. The van der Waals surface area contributed by atoms with Gasteiger partial charge in [0.1, 0.15) is 0 Å². The molecule has 0 saturated heterocycles. The first-order valence-corrected chi connectivity index (χ1v) is 4.52. The van der Waals surface area contributed by atoms with Crippen molar-refractivity contribution in [3.05, 3.63) is 15.5 Å². The highest BCUT2D eigenvalue weighted by atomic mass is 79.9. The number of aromatic nitrogens is 1. The lowest BCUT2D eigenvalue weighted by Crippen LogP contribution is -2.04. The van der Waals surface area contributed by atoms with Gasteiger partial charge in [0.15, 0.2) is 0 Å². The van der Waals surface area contributed by atoms with Gasteiger partial charge in [0, 0.05) is 5.38 Å². The van der Waals surface area contributed by atoms with Gasteiger partial charge in [-0.2, -0.15) is 4.37 Å². The van der Waals surface area contributed by atoms with E-state index in [0.29, 0.717) is 0 Å². The van der Waals surface area contributed by atoms with Gasteiger partial charge in [0.2, 0.25) is 0 Å². The van der Waals surface area contributed by atoms with Crippen LogP contribution < -0.4 is 0 Å². The molecule has 11 heavy (non-hydrogen) atoms. The Morgan fingerprint density at radius 2 is 2.64 bits per heavy atom. The Balaban J connectivity index is 2.64. The maximum absolute atomic E-state index is 10.8. The number of hydrogen-bond donors (Lipinski definition) is 0. The van der Waals surface area contributed by atoms with Gasteiger partial charge < -0.3 is 4.74 Å². The molecule has 3 nitrogen and oxygen atoms in total. The monoisotopic (exact) mass is 235 g/mol. The molecule has 0 bridgehead atoms. The summed E-state index contributed by atoms with van der Waals surface area (Å²) >= 11 is 4.58. The Kier molecular flexibility index (Phi) is 3.02. The third-order valence-corrected chi connectivity index (χ3v) is 2.79. The van der Waals surface area contributed by atoms with Crippen molar-refractivity contribution < 1.29 is 9.53 Å². The van der Waals surface area contributed by atoms with E-state index in [1.807, 2.05) is 5.38 Å². The Bertz CT molecular complexity index is 261. The summed E-state index contributed by atoms with van der Waals surface area (Å²) in [6.07, 6.45) is 0.237. The highest BCUT2D eigenvalue weighted by Crippen LogP contribution is 2.17. The molecule has 5 heteroatoms. The average molecular weight is 236 g/mol. The van der Waals surface area contributed by atoms with Crippen LogP contribution in [0.1, 0.15) is 5.69 Å². The van der Waals surface area contributed by atoms with E-state index in [2.05, 4.69) is 25.0 Å². The molecule has 0 saturated carbocycles. The molecule has 0 unspecified atom stereocenters. The molecule has 1 rings (SSSR count). The van der Waals surface area contributed by atoms with E-state index in [4.69, 9.17) is 0 Å². The van der Waals surface area contributed by atoms with Crippen LogP contribution in [0.15, 0.2) is 9.85 Å². The molecule has 0 N–H and O–H groups in total. The standard InChI is InChI=1S/C6H6BrNO2S/c1-10-6(9)2-5-4(7)3-11-8-5/h3H,2H2,1H3. The molecule has 0 aromatic carbocycles. The number of rotatable bonds is 2. The van der Waals surface area contributed by atoms with E-state index >= 15 is 0 Å². The molecule has 1 aromatic heterocycles. The Morgan fingerprint density at radius 3 is 3.09 bits per heavy atom. The lowest BCUT2D eigenvalue weighted by atomic mass is 10.3. The minimum Gasteiger partial charge on any atom is -0.469 e. The topological polar surface area (TPSA) is 39.2 Å². The third kappa shape index (κ3) is 2.27. The van der Waals surface area contributed by atoms with Crippen molar-refractivity contribution in [3.8, 4) is 0 Å². The fourth-order valence-electron chi connectivity index (χ4n) is 0.573. The largest absolute Gasteiger partial charge is 0.469 e. The number of esters is 1. The lowest BCUT2D eigenvalue weighted by Gasteiger charge is -1.94. The normalized spacial score (nSPS) is 9.64. The van der Waals surface area contributed by atoms with Crippen molar-refractivity contribution in [1.82, 2.24) is 4.37 Å². The maximum atomic E-state index is 10.8. The number of halogens is 1. The molecule has 0 amide bonds. The number of carbonyl (C=O) groups is 1. The number of nitrogens with zero attached hydrogens (tertiary/aromatic N) is 1. The van der Waals surface area contributed by atoms with Crippen LogP contribution in [0.2, 0.25) is 0 Å². The van der Waals surface area contributed by atoms with E-state index in [9.17, 15) is 4.79 Å². The van der Waals surface area contributed by atoms with Crippen LogP contribution in [0.5, 0.6) is 0 Å². The highest BCUT2D eigenvalue weighted by Gasteiger charge is 2.08. The van der Waals surface area contributed by atoms with Gasteiger partial charge in [-0.1, -0.05) is 0 Å². The summed E-state index contributed by atoms with van der Waals surface area (Å²) in [5, 5.41) is 1.83. The van der Waals surface area contributed by atoms with Crippen LogP contribution >= 0.6 is 27.5 Å². The average Bonchev–Trinajstić information content (AvgIpc) is 2.37. The van der Waals surface area contributed by atoms with Gasteiger partial charge in [-0.05, 0) is 27.5 Å². The van der Waals surface area contributed by atoms with Gasteiger partial charge in [-0.15, -0.1) is 0 Å². The van der Waals surface area contributed by atoms with Crippen LogP contribution in [0, 0.1) is 0 Å². The van der Waals surface area contributed by atoms with E-state index in [0.717, 1.165) is 10.2 Å². The summed E-state index contributed by atoms with van der Waals surface area (Å²) in [4.78, 5) is 10.8. The third-order valence-electron chi connectivity index (χ3n) is 1.13. The van der Waals surface area contributed by atoms with Crippen molar-refractivity contribution in [2.24, 2.45) is 0 Å². The minimum absolute atomic E-state index is 0.237. The molecule has 0 aliphatic heterocycles. The summed E-state index contributed by atoms with van der Waals surface area (Å²) < 4.78 is 9.35. The first kappa shape index (κ1) is 8.67. The first-order chi connectivity index (χ1) is 5.24. The van der Waals surface area contributed by atoms with Crippen molar-refractivity contribution in [2.45, 2.75) is 6.42 Å². The molecule has 0 radical (unpaired) electrons. The summed E-state index contributed by atoms with van der Waals surface area (Å²) in [6, 6.07) is 0. The summed E-state index contributed by atoms with van der Waals surface area (Å²) in [5.74, 6) is -0.267. The SMILES string of the molecule is COC(=O)Cc1nscc1Br. The molecule has 1 heterocycles. The first-order valence-electron chi connectivity index (χ1n) is 2.89. The molecule has 0 atom stereocenters. The molecule has 0 fully saturated rings. The van der Waals surface area contributed by atoms with Gasteiger partial charge in [0.25, 0.3) is 0 Å².